The number of benzene rings is 6. The van der Waals surface area contributed by atoms with Gasteiger partial charge in [-0.05, 0) is 150 Å². The molecule has 3 unspecified atom stereocenters. The smallest absolute Gasteiger partial charge is 0.128 e. The molecule has 7 aromatic rings. The van der Waals surface area contributed by atoms with Crippen molar-refractivity contribution in [3.63, 3.8) is 0 Å². The van der Waals surface area contributed by atoms with Gasteiger partial charge >= 0.3 is 0 Å². The SMILES string of the molecule is C1=CC(c2ccc(N(C3=CC4c5ccc(-c6ccccc6)cc5OC4C=C3)c3ccc(-c4ccc5c(c4)C(C4CCCCC4)CCC5)cc3)c3c2sc2ccccc23)=CCC1. The first-order valence-corrected chi connectivity index (χ1v) is 23.7. The van der Waals surface area contributed by atoms with Crippen LogP contribution in [0.15, 0.2) is 170 Å². The Labute approximate surface area is 364 Å². The molecule has 0 radical (unpaired) electrons. The van der Waals surface area contributed by atoms with Crippen LogP contribution in [0.1, 0.15) is 91.9 Å². The van der Waals surface area contributed by atoms with E-state index in [1.165, 1.54) is 122 Å². The monoisotopic (exact) mass is 809 g/mol. The minimum atomic E-state index is -0.0372. The lowest BCUT2D eigenvalue weighted by Gasteiger charge is -2.35. The van der Waals surface area contributed by atoms with Crippen LogP contribution in [-0.2, 0) is 6.42 Å². The highest BCUT2D eigenvalue weighted by atomic mass is 32.1. The minimum absolute atomic E-state index is 0.0372. The van der Waals surface area contributed by atoms with E-state index in [9.17, 15) is 0 Å². The first-order chi connectivity index (χ1) is 30.2. The molecule has 6 aromatic carbocycles. The zero-order valence-electron chi connectivity index (χ0n) is 34.7. The Balaban J connectivity index is 0.979. The van der Waals surface area contributed by atoms with E-state index in [0.29, 0.717) is 5.92 Å². The summed E-state index contributed by atoms with van der Waals surface area (Å²) in [6.07, 6.45) is 27.2. The van der Waals surface area contributed by atoms with Gasteiger partial charge in [0, 0.05) is 43.0 Å². The highest BCUT2D eigenvalue weighted by Gasteiger charge is 2.36. The van der Waals surface area contributed by atoms with E-state index in [1.807, 2.05) is 11.3 Å². The molecule has 2 nitrogen and oxygen atoms in total. The molecule has 0 amide bonds. The van der Waals surface area contributed by atoms with E-state index in [0.717, 1.165) is 30.2 Å². The van der Waals surface area contributed by atoms with Gasteiger partial charge in [0.1, 0.15) is 11.9 Å². The number of aryl methyl sites for hydroxylation is 1. The van der Waals surface area contributed by atoms with E-state index in [1.54, 1.807) is 11.1 Å². The van der Waals surface area contributed by atoms with Crippen LogP contribution in [0.25, 0.3) is 48.0 Å². The van der Waals surface area contributed by atoms with E-state index in [4.69, 9.17) is 4.74 Å². The summed E-state index contributed by atoms with van der Waals surface area (Å²) in [6, 6.07) is 48.0. The van der Waals surface area contributed by atoms with Crippen LogP contribution in [0.3, 0.4) is 0 Å². The Hall–Kier alpha value is -5.90. The van der Waals surface area contributed by atoms with Crippen LogP contribution in [0.2, 0.25) is 0 Å². The lowest BCUT2D eigenvalue weighted by atomic mass is 9.70. The third-order valence-electron chi connectivity index (χ3n) is 14.4. The molecular formula is C58H51NOS. The molecule has 0 bridgehead atoms. The lowest BCUT2D eigenvalue weighted by molar-refractivity contribution is 0.268. The van der Waals surface area contributed by atoms with E-state index < -0.39 is 0 Å². The molecule has 0 saturated heterocycles. The van der Waals surface area contributed by atoms with Crippen LogP contribution in [0.5, 0.6) is 5.75 Å². The van der Waals surface area contributed by atoms with Crippen molar-refractivity contribution in [2.75, 3.05) is 4.90 Å². The fraction of sp³-hybridized carbons (Fsp3) is 0.241. The fourth-order valence-electron chi connectivity index (χ4n) is 11.4. The van der Waals surface area contributed by atoms with Crippen molar-refractivity contribution in [1.82, 2.24) is 0 Å². The summed E-state index contributed by atoms with van der Waals surface area (Å²) in [5.41, 5.74) is 15.7. The Morgan fingerprint density at radius 3 is 2.31 bits per heavy atom. The number of fused-ring (bicyclic) bond motifs is 7. The van der Waals surface area contributed by atoms with Crippen molar-refractivity contribution in [2.24, 2.45) is 5.92 Å². The third-order valence-corrected chi connectivity index (χ3v) is 15.6. The first-order valence-electron chi connectivity index (χ1n) is 22.8. The van der Waals surface area contributed by atoms with Gasteiger partial charge < -0.3 is 9.64 Å². The third kappa shape index (κ3) is 6.61. The molecule has 3 heteroatoms. The molecule has 3 atom stereocenters. The highest BCUT2D eigenvalue weighted by molar-refractivity contribution is 7.26. The van der Waals surface area contributed by atoms with Gasteiger partial charge in [-0.1, -0.05) is 135 Å². The first kappa shape index (κ1) is 36.9. The van der Waals surface area contributed by atoms with Crippen LogP contribution < -0.4 is 9.64 Å². The highest BCUT2D eigenvalue weighted by Crippen LogP contribution is 2.50. The molecule has 4 aliphatic carbocycles. The van der Waals surface area contributed by atoms with Crippen molar-refractivity contribution in [2.45, 2.75) is 82.1 Å². The number of rotatable bonds is 7. The molecule has 1 saturated carbocycles. The maximum absolute atomic E-state index is 6.70. The zero-order valence-corrected chi connectivity index (χ0v) is 35.5. The van der Waals surface area contributed by atoms with Crippen LogP contribution in [0, 0.1) is 5.92 Å². The molecule has 2 heterocycles. The number of hydrogen-bond donors (Lipinski definition) is 0. The molecule has 0 spiro atoms. The van der Waals surface area contributed by atoms with E-state index in [-0.39, 0.29) is 12.0 Å². The summed E-state index contributed by atoms with van der Waals surface area (Å²) in [5, 5.41) is 2.63. The number of thiophene rings is 1. The summed E-state index contributed by atoms with van der Waals surface area (Å²) in [4.78, 5) is 2.52. The van der Waals surface area contributed by atoms with Crippen molar-refractivity contribution in [3.8, 4) is 28.0 Å². The summed E-state index contributed by atoms with van der Waals surface area (Å²) in [5.74, 6) is 2.66. The van der Waals surface area contributed by atoms with Crippen LogP contribution >= 0.6 is 11.3 Å². The standard InChI is InChI=1S/C58H51NOS/c1-4-13-38(14-5-1)44-27-31-49-52-37-46(30-34-54(52)60-55(49)36-44)59(53-33-32-48(41-17-8-3-9-18-41)58-57(53)50-20-10-11-22-56(50)61-58)45-28-25-39(26-29-45)43-24-23-42-19-12-21-47(51(42)35-43)40-15-6-2-7-16-40/h1,4-5,8,10-11,13-14,17-18,20,22-37,40,47,52,54H,2-3,6-7,9,12,15-16,19,21H2. The molecule has 0 N–H and O–H groups in total. The molecule has 1 aliphatic heterocycles. The maximum atomic E-state index is 6.70. The lowest BCUT2D eigenvalue weighted by Crippen LogP contribution is -2.23. The summed E-state index contributed by atoms with van der Waals surface area (Å²) in [7, 11) is 0. The van der Waals surface area contributed by atoms with Gasteiger partial charge in [0.05, 0.1) is 5.69 Å². The van der Waals surface area contributed by atoms with Gasteiger partial charge in [0.2, 0.25) is 0 Å². The Kier molecular flexibility index (Phi) is 9.40. The molecular weight excluding hydrogens is 759 g/mol. The van der Waals surface area contributed by atoms with E-state index >= 15 is 0 Å². The van der Waals surface area contributed by atoms with E-state index in [2.05, 4.69) is 169 Å². The van der Waals surface area contributed by atoms with Gasteiger partial charge in [0.15, 0.2) is 0 Å². The molecule has 5 aliphatic rings. The van der Waals surface area contributed by atoms with Gasteiger partial charge in [0.25, 0.3) is 0 Å². The number of hydrogen-bond acceptors (Lipinski definition) is 3. The molecule has 61 heavy (non-hydrogen) atoms. The number of allylic oxidation sites excluding steroid dienone is 5. The predicted molar refractivity (Wildman–Crippen MR) is 258 cm³/mol. The number of ether oxygens (including phenoxy) is 1. The summed E-state index contributed by atoms with van der Waals surface area (Å²) in [6.45, 7) is 0. The van der Waals surface area contributed by atoms with Crippen molar-refractivity contribution < 1.29 is 4.74 Å². The van der Waals surface area contributed by atoms with Gasteiger partial charge in [-0.3, -0.25) is 0 Å². The average Bonchev–Trinajstić information content (AvgIpc) is 3.91. The second-order valence-corrected chi connectivity index (χ2v) is 19.0. The molecule has 300 valence electrons. The Morgan fingerprint density at radius 2 is 1.44 bits per heavy atom. The maximum Gasteiger partial charge on any atom is 0.128 e. The molecule has 1 aromatic heterocycles. The van der Waals surface area contributed by atoms with Gasteiger partial charge in [-0.15, -0.1) is 11.3 Å². The van der Waals surface area contributed by atoms with Crippen LogP contribution in [0.4, 0.5) is 11.4 Å². The van der Waals surface area contributed by atoms with Gasteiger partial charge in [-0.2, -0.15) is 0 Å². The summed E-state index contributed by atoms with van der Waals surface area (Å²) < 4.78 is 9.37. The number of nitrogens with zero attached hydrogens (tertiary/aromatic N) is 1. The zero-order chi connectivity index (χ0) is 40.3. The Bertz CT molecular complexity index is 2920. The minimum Gasteiger partial charge on any atom is -0.485 e. The fourth-order valence-corrected chi connectivity index (χ4v) is 12.6. The second-order valence-electron chi connectivity index (χ2n) is 17.9. The normalized spacial score (nSPS) is 20.8. The van der Waals surface area contributed by atoms with Crippen LogP contribution in [-0.4, -0.2) is 6.10 Å². The molecule has 12 rings (SSSR count). The Morgan fingerprint density at radius 1 is 0.639 bits per heavy atom. The molecule has 1 fully saturated rings. The quantitative estimate of drug-likeness (QED) is 0.159. The van der Waals surface area contributed by atoms with Crippen molar-refractivity contribution >= 4 is 48.5 Å². The number of anilines is 2. The topological polar surface area (TPSA) is 12.5 Å². The van der Waals surface area contributed by atoms with Crippen molar-refractivity contribution in [1.29, 1.82) is 0 Å². The largest absolute Gasteiger partial charge is 0.485 e. The summed E-state index contributed by atoms with van der Waals surface area (Å²) >= 11 is 1.92. The second kappa shape index (κ2) is 15.5. The average molecular weight is 810 g/mol. The van der Waals surface area contributed by atoms with Gasteiger partial charge in [-0.25, -0.2) is 0 Å². The predicted octanol–water partition coefficient (Wildman–Crippen LogP) is 16.3. The van der Waals surface area contributed by atoms with Crippen molar-refractivity contribution in [3.05, 3.63) is 192 Å².